The van der Waals surface area contributed by atoms with Crippen LogP contribution in [0, 0.1) is 0 Å². The van der Waals surface area contributed by atoms with Crippen LogP contribution < -0.4 is 9.80 Å². The Hall–Kier alpha value is -7.32. The van der Waals surface area contributed by atoms with Crippen LogP contribution in [0.2, 0.25) is 0 Å². The SMILES string of the molecule is c1ccc2cc(N(c3ccc(-c4ccc5cc(N(c6ccc(-c7cc8sccc8s7)cc6)c6ccc7ccccc7c6)ccc5c4)cc3)c3ccc(-c4cc5sccc5s4)cc3)ccc2c1. The van der Waals surface area contributed by atoms with E-state index in [-0.39, 0.29) is 0 Å². The first-order valence-electron chi connectivity index (χ1n) is 22.0. The number of hydrogen-bond acceptors (Lipinski definition) is 6. The molecule has 13 aromatic rings. The third-order valence-corrected chi connectivity index (χ3v) is 16.9. The van der Waals surface area contributed by atoms with Crippen molar-refractivity contribution in [3.05, 3.63) is 229 Å². The van der Waals surface area contributed by atoms with Crippen molar-refractivity contribution in [2.24, 2.45) is 0 Å². The van der Waals surface area contributed by atoms with Crippen molar-refractivity contribution < 1.29 is 0 Å². The average molecular weight is 915 g/mol. The number of rotatable bonds is 9. The van der Waals surface area contributed by atoms with Crippen molar-refractivity contribution in [3.63, 3.8) is 0 Å². The summed E-state index contributed by atoms with van der Waals surface area (Å²) in [7, 11) is 0. The highest BCUT2D eigenvalue weighted by Gasteiger charge is 2.17. The zero-order valence-electron chi connectivity index (χ0n) is 35.5. The highest BCUT2D eigenvalue weighted by molar-refractivity contribution is 7.29. The Kier molecular flexibility index (Phi) is 9.64. The van der Waals surface area contributed by atoms with E-state index in [9.17, 15) is 0 Å². The molecule has 0 saturated carbocycles. The highest BCUT2D eigenvalue weighted by Crippen LogP contribution is 2.43. The molecule has 0 saturated heterocycles. The molecule has 0 unspecified atom stereocenters. The van der Waals surface area contributed by atoms with Crippen molar-refractivity contribution in [2.75, 3.05) is 9.80 Å². The molecule has 0 atom stereocenters. The fraction of sp³-hybridized carbons (Fsp3) is 0. The molecule has 9 aromatic carbocycles. The molecule has 312 valence electrons. The van der Waals surface area contributed by atoms with Gasteiger partial charge < -0.3 is 9.80 Å². The maximum Gasteiger partial charge on any atom is 0.0468 e. The monoisotopic (exact) mass is 914 g/mol. The summed E-state index contributed by atoms with van der Waals surface area (Å²) in [5.41, 5.74) is 11.6. The Labute approximate surface area is 398 Å². The fourth-order valence-corrected chi connectivity index (χ4v) is 13.5. The minimum atomic E-state index is 1.11. The molecule has 0 N–H and O–H groups in total. The maximum absolute atomic E-state index is 2.38. The van der Waals surface area contributed by atoms with E-state index in [2.05, 4.69) is 239 Å². The largest absolute Gasteiger partial charge is 0.310 e. The van der Waals surface area contributed by atoms with Gasteiger partial charge in [0.2, 0.25) is 0 Å². The van der Waals surface area contributed by atoms with Gasteiger partial charge in [-0.15, -0.1) is 45.3 Å². The molecule has 0 aliphatic carbocycles. The second-order valence-corrected chi connectivity index (χ2v) is 20.7. The Morgan fingerprint density at radius 1 is 0.242 bits per heavy atom. The van der Waals surface area contributed by atoms with Crippen LogP contribution in [0.1, 0.15) is 0 Å². The zero-order valence-corrected chi connectivity index (χ0v) is 38.7. The molecule has 66 heavy (non-hydrogen) atoms. The highest BCUT2D eigenvalue weighted by atomic mass is 32.1. The van der Waals surface area contributed by atoms with Crippen molar-refractivity contribution in [1.29, 1.82) is 0 Å². The van der Waals surface area contributed by atoms with Gasteiger partial charge in [-0.3, -0.25) is 0 Å². The molecular weight excluding hydrogens is 877 g/mol. The summed E-state index contributed by atoms with van der Waals surface area (Å²) in [6.45, 7) is 0. The predicted molar refractivity (Wildman–Crippen MR) is 291 cm³/mol. The number of nitrogens with zero attached hydrogens (tertiary/aromatic N) is 2. The van der Waals surface area contributed by atoms with E-state index in [1.165, 1.54) is 83.1 Å². The molecule has 0 amide bonds. The molecular formula is C60H38N2S4. The van der Waals surface area contributed by atoms with E-state index in [4.69, 9.17) is 0 Å². The normalized spacial score (nSPS) is 11.6. The molecule has 4 aromatic heterocycles. The summed E-state index contributed by atoms with van der Waals surface area (Å²) < 4.78 is 5.40. The van der Waals surface area contributed by atoms with Gasteiger partial charge in [0.05, 0.1) is 0 Å². The van der Waals surface area contributed by atoms with E-state index in [0.29, 0.717) is 0 Å². The minimum absolute atomic E-state index is 1.11. The topological polar surface area (TPSA) is 6.48 Å². The van der Waals surface area contributed by atoms with E-state index in [1.807, 2.05) is 45.3 Å². The zero-order chi connectivity index (χ0) is 43.6. The van der Waals surface area contributed by atoms with Crippen LogP contribution in [0.3, 0.4) is 0 Å². The summed E-state index contributed by atoms with van der Waals surface area (Å²) in [6.07, 6.45) is 0. The summed E-state index contributed by atoms with van der Waals surface area (Å²) >= 11 is 7.34. The van der Waals surface area contributed by atoms with E-state index < -0.39 is 0 Å². The maximum atomic E-state index is 2.38. The van der Waals surface area contributed by atoms with Gasteiger partial charge in [0.1, 0.15) is 0 Å². The van der Waals surface area contributed by atoms with Gasteiger partial charge in [0.25, 0.3) is 0 Å². The lowest BCUT2D eigenvalue weighted by atomic mass is 10.00. The van der Waals surface area contributed by atoms with Gasteiger partial charge in [-0.05, 0) is 168 Å². The summed E-state index contributed by atoms with van der Waals surface area (Å²) in [6, 6.07) is 80.6. The van der Waals surface area contributed by atoms with Crippen LogP contribution >= 0.6 is 45.3 Å². The van der Waals surface area contributed by atoms with Crippen LogP contribution in [0.15, 0.2) is 229 Å². The smallest absolute Gasteiger partial charge is 0.0468 e. The first-order chi connectivity index (χ1) is 32.6. The molecule has 0 radical (unpaired) electrons. The van der Waals surface area contributed by atoms with Crippen LogP contribution in [0.4, 0.5) is 34.1 Å². The molecule has 0 aliphatic heterocycles. The molecule has 0 bridgehead atoms. The molecule has 0 fully saturated rings. The molecule has 13 rings (SSSR count). The number of anilines is 6. The van der Waals surface area contributed by atoms with E-state index in [0.717, 1.165) is 34.1 Å². The summed E-state index contributed by atoms with van der Waals surface area (Å²) in [5.74, 6) is 0. The predicted octanol–water partition coefficient (Wildman–Crippen LogP) is 19.6. The lowest BCUT2D eigenvalue weighted by Gasteiger charge is -2.26. The Balaban J connectivity index is 0.829. The Morgan fingerprint density at radius 3 is 1.06 bits per heavy atom. The number of thiophene rings is 4. The second-order valence-electron chi connectivity index (χ2n) is 16.6. The standard InChI is InChI=1S/C60H38N2S4/c1-3-7-44-34-52(26-13-39(44)5-1)61(50-22-15-42(16-23-50)57-37-59-55(65-57)29-31-63-59)49-20-11-41(12-21-49)46-9-10-48-36-54(28-19-47(48)33-46)62(53-27-14-40-6-2-4-8-45(40)35-53)51-24-17-43(18-25-51)58-38-60-56(66-58)30-32-64-60/h1-38H. The van der Waals surface area contributed by atoms with Gasteiger partial charge in [-0.25, -0.2) is 0 Å². The number of fused-ring (bicyclic) bond motifs is 5. The van der Waals surface area contributed by atoms with Gasteiger partial charge in [0.15, 0.2) is 0 Å². The molecule has 0 aliphatic rings. The molecule has 6 heteroatoms. The van der Waals surface area contributed by atoms with Crippen LogP contribution in [-0.2, 0) is 0 Å². The van der Waals surface area contributed by atoms with Crippen LogP contribution in [0.5, 0.6) is 0 Å². The number of benzene rings is 9. The van der Waals surface area contributed by atoms with Crippen molar-refractivity contribution in [1.82, 2.24) is 0 Å². The summed E-state index contributed by atoms with van der Waals surface area (Å²) in [4.78, 5) is 7.36. The number of hydrogen-bond donors (Lipinski definition) is 0. The van der Waals surface area contributed by atoms with Crippen molar-refractivity contribution in [3.8, 4) is 32.0 Å². The molecule has 4 heterocycles. The lowest BCUT2D eigenvalue weighted by Crippen LogP contribution is -2.10. The Bertz CT molecular complexity index is 3830. The third kappa shape index (κ3) is 7.16. The van der Waals surface area contributed by atoms with Crippen LogP contribution in [-0.4, -0.2) is 0 Å². The van der Waals surface area contributed by atoms with Gasteiger partial charge in [-0.1, -0.05) is 115 Å². The van der Waals surface area contributed by atoms with Gasteiger partial charge in [-0.2, -0.15) is 0 Å². The Morgan fingerprint density at radius 2 is 0.591 bits per heavy atom. The summed E-state index contributed by atoms with van der Waals surface area (Å²) in [5, 5.41) is 11.7. The second kappa shape index (κ2) is 16.3. The minimum Gasteiger partial charge on any atom is -0.310 e. The van der Waals surface area contributed by atoms with Crippen molar-refractivity contribution >= 4 is 131 Å². The van der Waals surface area contributed by atoms with E-state index >= 15 is 0 Å². The average Bonchev–Trinajstić information content (AvgIpc) is 4.19. The first-order valence-corrected chi connectivity index (χ1v) is 25.4. The molecule has 2 nitrogen and oxygen atoms in total. The molecule has 0 spiro atoms. The van der Waals surface area contributed by atoms with E-state index in [1.54, 1.807) is 0 Å². The van der Waals surface area contributed by atoms with Gasteiger partial charge >= 0.3 is 0 Å². The lowest BCUT2D eigenvalue weighted by molar-refractivity contribution is 1.29. The quantitative estimate of drug-likeness (QED) is 0.142. The van der Waals surface area contributed by atoms with Gasteiger partial charge in [0, 0.05) is 62.7 Å². The first kappa shape index (κ1) is 39.1. The third-order valence-electron chi connectivity index (χ3n) is 12.6. The van der Waals surface area contributed by atoms with Crippen LogP contribution in [0.25, 0.3) is 83.1 Å². The fourth-order valence-electron chi connectivity index (χ4n) is 9.25. The van der Waals surface area contributed by atoms with Crippen molar-refractivity contribution in [2.45, 2.75) is 0 Å².